The van der Waals surface area contributed by atoms with Gasteiger partial charge in [-0.05, 0) is 98.1 Å². The maximum absolute atomic E-state index is 12.6. The molecule has 0 bridgehead atoms. The molecule has 0 aliphatic heterocycles. The second kappa shape index (κ2) is 35.2. The fraction of sp³-hybridized carbons (Fsp3) is 0.762. The quantitative estimate of drug-likeness (QED) is 0.0399. The number of ether oxygens (including phenoxy) is 2. The van der Waals surface area contributed by atoms with Crippen molar-refractivity contribution in [2.75, 3.05) is 20.6 Å². The number of carbonyl (C=O) groups is 2. The van der Waals surface area contributed by atoms with E-state index < -0.39 is 12.2 Å². The van der Waals surface area contributed by atoms with Crippen LogP contribution in [0.4, 0.5) is 0 Å². The molecule has 0 aromatic carbocycles. The normalized spacial score (nSPS) is 13.5. The van der Waals surface area contributed by atoms with Crippen LogP contribution in [0.15, 0.2) is 48.6 Å². The summed E-state index contributed by atoms with van der Waals surface area (Å²) < 4.78 is 11.5. The molecule has 0 saturated carbocycles. The summed E-state index contributed by atoms with van der Waals surface area (Å²) in [4.78, 5) is 27.1. The number of esters is 2. The number of allylic oxidation sites excluding steroid dienone is 8. The van der Waals surface area contributed by atoms with Gasteiger partial charge in [0.25, 0.3) is 0 Å². The van der Waals surface area contributed by atoms with Crippen LogP contribution < -0.4 is 0 Å². The van der Waals surface area contributed by atoms with E-state index in [1.807, 2.05) is 25.9 Å². The minimum absolute atomic E-state index is 0.195. The molecule has 0 radical (unpaired) electrons. The van der Waals surface area contributed by atoms with Crippen LogP contribution in [0.2, 0.25) is 0 Å². The van der Waals surface area contributed by atoms with Gasteiger partial charge in [0, 0.05) is 19.4 Å². The summed E-state index contributed by atoms with van der Waals surface area (Å²) in [6, 6.07) is 0. The van der Waals surface area contributed by atoms with E-state index in [1.54, 1.807) is 0 Å². The Hall–Kier alpha value is -2.14. The molecule has 0 amide bonds. The molecule has 0 saturated heterocycles. The molecule has 272 valence electrons. The number of rotatable bonds is 33. The van der Waals surface area contributed by atoms with Crippen molar-refractivity contribution in [1.82, 2.24) is 4.90 Å². The molecule has 5 heteroatoms. The molecule has 0 aromatic rings. The van der Waals surface area contributed by atoms with E-state index in [2.05, 4.69) is 62.5 Å². The summed E-state index contributed by atoms with van der Waals surface area (Å²) in [6.45, 7) is 6.86. The molecule has 0 aromatic heterocycles. The number of nitrogens with zero attached hydrogens (tertiary/aromatic N) is 1. The fourth-order valence-electron chi connectivity index (χ4n) is 5.37. The predicted octanol–water partition coefficient (Wildman–Crippen LogP) is 12.0. The van der Waals surface area contributed by atoms with E-state index in [9.17, 15) is 9.59 Å². The Kier molecular flexibility index (Phi) is 33.6. The van der Waals surface area contributed by atoms with E-state index >= 15 is 0 Å². The summed E-state index contributed by atoms with van der Waals surface area (Å²) in [7, 11) is 3.89. The summed E-state index contributed by atoms with van der Waals surface area (Å²) in [5, 5.41) is 0. The Morgan fingerprint density at radius 3 is 1.28 bits per heavy atom. The summed E-state index contributed by atoms with van der Waals surface area (Å²) in [5.41, 5.74) is 0. The standard InChI is InChI=1S/C42H75NO4/c1-6-8-10-12-14-16-18-20-22-24-26-28-30-32-34-36-41(44)46-39(3)40(38-43(4)5)47-42(45)37-35-33-31-29-27-25-23-21-19-17-15-13-11-9-7-2/h14-17,20-23,39-40H,6-13,18-19,24-38H2,1-5H3/b16-14-,17-15-,22-20-,23-21-/t39-,40-/m0/s1. The lowest BCUT2D eigenvalue weighted by atomic mass is 10.1. The van der Waals surface area contributed by atoms with E-state index in [-0.39, 0.29) is 11.9 Å². The van der Waals surface area contributed by atoms with Gasteiger partial charge in [0.2, 0.25) is 0 Å². The minimum Gasteiger partial charge on any atom is -0.459 e. The van der Waals surface area contributed by atoms with Gasteiger partial charge in [0.1, 0.15) is 6.10 Å². The molecule has 5 nitrogen and oxygen atoms in total. The molecular weight excluding hydrogens is 582 g/mol. The minimum atomic E-state index is -0.462. The molecule has 0 aliphatic carbocycles. The summed E-state index contributed by atoms with van der Waals surface area (Å²) >= 11 is 0. The zero-order chi connectivity index (χ0) is 34.6. The van der Waals surface area contributed by atoms with E-state index in [0.717, 1.165) is 64.2 Å². The van der Waals surface area contributed by atoms with Crippen LogP contribution in [0.25, 0.3) is 0 Å². The lowest BCUT2D eigenvalue weighted by Crippen LogP contribution is -2.40. The van der Waals surface area contributed by atoms with Gasteiger partial charge in [-0.2, -0.15) is 0 Å². The van der Waals surface area contributed by atoms with Crippen molar-refractivity contribution in [3.8, 4) is 0 Å². The molecule has 0 fully saturated rings. The highest BCUT2D eigenvalue weighted by molar-refractivity contribution is 5.70. The highest BCUT2D eigenvalue weighted by atomic mass is 16.6. The number of unbranched alkanes of at least 4 members (excludes halogenated alkanes) is 16. The molecule has 0 heterocycles. The number of hydrogen-bond donors (Lipinski definition) is 0. The van der Waals surface area contributed by atoms with E-state index in [4.69, 9.17) is 9.47 Å². The van der Waals surface area contributed by atoms with Gasteiger partial charge in [-0.1, -0.05) is 127 Å². The highest BCUT2D eigenvalue weighted by Crippen LogP contribution is 2.14. The Morgan fingerprint density at radius 2 is 0.872 bits per heavy atom. The van der Waals surface area contributed by atoms with Crippen molar-refractivity contribution in [1.29, 1.82) is 0 Å². The van der Waals surface area contributed by atoms with Crippen molar-refractivity contribution in [3.05, 3.63) is 48.6 Å². The van der Waals surface area contributed by atoms with Crippen LogP contribution >= 0.6 is 0 Å². The Labute approximate surface area is 291 Å². The van der Waals surface area contributed by atoms with Gasteiger partial charge < -0.3 is 14.4 Å². The fourth-order valence-corrected chi connectivity index (χ4v) is 5.37. The number of hydrogen-bond acceptors (Lipinski definition) is 5. The van der Waals surface area contributed by atoms with Gasteiger partial charge in [-0.3, -0.25) is 9.59 Å². The van der Waals surface area contributed by atoms with Gasteiger partial charge in [-0.15, -0.1) is 0 Å². The monoisotopic (exact) mass is 658 g/mol. The van der Waals surface area contributed by atoms with Crippen molar-refractivity contribution in [2.45, 2.75) is 187 Å². The van der Waals surface area contributed by atoms with Crippen molar-refractivity contribution in [2.24, 2.45) is 0 Å². The zero-order valence-electron chi connectivity index (χ0n) is 31.5. The second-order valence-electron chi connectivity index (χ2n) is 13.4. The number of carbonyl (C=O) groups excluding carboxylic acids is 2. The molecule has 0 rings (SSSR count). The molecular formula is C42H75NO4. The first-order valence-corrected chi connectivity index (χ1v) is 19.5. The van der Waals surface area contributed by atoms with Crippen LogP contribution in [0.1, 0.15) is 175 Å². The van der Waals surface area contributed by atoms with Crippen molar-refractivity contribution >= 4 is 11.9 Å². The topological polar surface area (TPSA) is 55.8 Å². The van der Waals surface area contributed by atoms with Crippen molar-refractivity contribution in [3.63, 3.8) is 0 Å². The molecule has 0 N–H and O–H groups in total. The lowest BCUT2D eigenvalue weighted by Gasteiger charge is -2.26. The van der Waals surface area contributed by atoms with E-state index in [0.29, 0.717) is 19.4 Å². The smallest absolute Gasteiger partial charge is 0.306 e. The average molecular weight is 658 g/mol. The summed E-state index contributed by atoms with van der Waals surface area (Å²) in [6.07, 6.45) is 43.6. The van der Waals surface area contributed by atoms with Crippen LogP contribution in [0.5, 0.6) is 0 Å². The van der Waals surface area contributed by atoms with Gasteiger partial charge in [0.15, 0.2) is 6.10 Å². The van der Waals surface area contributed by atoms with Crippen LogP contribution in [-0.2, 0) is 19.1 Å². The first-order chi connectivity index (χ1) is 22.9. The lowest BCUT2D eigenvalue weighted by molar-refractivity contribution is -0.167. The Bertz CT molecular complexity index is 828. The van der Waals surface area contributed by atoms with Crippen LogP contribution in [0, 0.1) is 0 Å². The maximum atomic E-state index is 12.6. The highest BCUT2D eigenvalue weighted by Gasteiger charge is 2.25. The van der Waals surface area contributed by atoms with Gasteiger partial charge in [-0.25, -0.2) is 0 Å². The molecule has 2 atom stereocenters. The Balaban J connectivity index is 3.98. The largest absolute Gasteiger partial charge is 0.459 e. The molecule has 47 heavy (non-hydrogen) atoms. The molecule has 0 unspecified atom stereocenters. The van der Waals surface area contributed by atoms with Crippen LogP contribution in [0.3, 0.4) is 0 Å². The first kappa shape index (κ1) is 44.9. The maximum Gasteiger partial charge on any atom is 0.306 e. The van der Waals surface area contributed by atoms with Gasteiger partial charge >= 0.3 is 11.9 Å². The SMILES string of the molecule is CCCCC/C=C\C/C=C\CCCCCCCC(=O)O[C@@H](C)[C@H](CN(C)C)OC(=O)CCCCCCC/C=C\C/C=C\CCCCC. The second-order valence-corrected chi connectivity index (χ2v) is 13.4. The third-order valence-electron chi connectivity index (χ3n) is 8.33. The van der Waals surface area contributed by atoms with E-state index in [1.165, 1.54) is 77.0 Å². The first-order valence-electron chi connectivity index (χ1n) is 19.5. The predicted molar refractivity (Wildman–Crippen MR) is 203 cm³/mol. The van der Waals surface area contributed by atoms with Crippen molar-refractivity contribution < 1.29 is 19.1 Å². The molecule has 0 spiro atoms. The average Bonchev–Trinajstić information content (AvgIpc) is 3.04. The summed E-state index contributed by atoms with van der Waals surface area (Å²) in [5.74, 6) is -0.393. The Morgan fingerprint density at radius 1 is 0.511 bits per heavy atom. The third-order valence-corrected chi connectivity index (χ3v) is 8.33. The van der Waals surface area contributed by atoms with Crippen LogP contribution in [-0.4, -0.2) is 49.7 Å². The number of likely N-dealkylation sites (N-methyl/N-ethyl adjacent to an activating group) is 1. The van der Waals surface area contributed by atoms with Gasteiger partial charge in [0.05, 0.1) is 0 Å². The molecule has 0 aliphatic rings. The zero-order valence-corrected chi connectivity index (χ0v) is 31.5. The third kappa shape index (κ3) is 33.6.